The molecule has 0 aromatic carbocycles. The molecular formula is C13H28N2O. The highest BCUT2D eigenvalue weighted by Crippen LogP contribution is 2.24. The highest BCUT2D eigenvalue weighted by atomic mass is 16.5. The molecule has 3 heteroatoms. The van der Waals surface area contributed by atoms with Crippen molar-refractivity contribution in [3.8, 4) is 0 Å². The van der Waals surface area contributed by atoms with E-state index in [4.69, 9.17) is 4.74 Å². The van der Waals surface area contributed by atoms with E-state index in [2.05, 4.69) is 31.0 Å². The normalized spacial score (nSPS) is 24.2. The third-order valence-electron chi connectivity index (χ3n) is 3.74. The molecule has 2 atom stereocenters. The topological polar surface area (TPSA) is 24.5 Å². The Kier molecular flexibility index (Phi) is 6.32. The summed E-state index contributed by atoms with van der Waals surface area (Å²) in [5.74, 6) is 1.74. The van der Waals surface area contributed by atoms with Gasteiger partial charge in [0.25, 0.3) is 0 Å². The standard InChI is InChI=1S/C13H28N2O/c1-11(2)13-5-7-15(10-13)12(3)9-14-6-8-16-4/h11-14H,5-10H2,1-4H3. The number of ether oxygens (including phenoxy) is 1. The van der Waals surface area contributed by atoms with Gasteiger partial charge in [-0.1, -0.05) is 13.8 Å². The highest BCUT2D eigenvalue weighted by Gasteiger charge is 2.27. The van der Waals surface area contributed by atoms with Crippen molar-refractivity contribution in [1.29, 1.82) is 0 Å². The monoisotopic (exact) mass is 228 g/mol. The summed E-state index contributed by atoms with van der Waals surface area (Å²) in [6.07, 6.45) is 1.38. The first-order valence-corrected chi connectivity index (χ1v) is 6.58. The van der Waals surface area contributed by atoms with E-state index >= 15 is 0 Å². The van der Waals surface area contributed by atoms with E-state index in [9.17, 15) is 0 Å². The summed E-state index contributed by atoms with van der Waals surface area (Å²) >= 11 is 0. The zero-order chi connectivity index (χ0) is 12.0. The van der Waals surface area contributed by atoms with Crippen LogP contribution in [0.15, 0.2) is 0 Å². The number of rotatable bonds is 7. The predicted octanol–water partition coefficient (Wildman–Crippen LogP) is 1.59. The summed E-state index contributed by atoms with van der Waals surface area (Å²) in [5.41, 5.74) is 0. The van der Waals surface area contributed by atoms with E-state index < -0.39 is 0 Å². The van der Waals surface area contributed by atoms with Crippen LogP contribution in [0.3, 0.4) is 0 Å². The van der Waals surface area contributed by atoms with Crippen molar-refractivity contribution in [2.45, 2.75) is 33.2 Å². The van der Waals surface area contributed by atoms with Gasteiger partial charge in [-0.3, -0.25) is 4.90 Å². The van der Waals surface area contributed by atoms with E-state index in [1.54, 1.807) is 7.11 Å². The van der Waals surface area contributed by atoms with Crippen LogP contribution in [0.1, 0.15) is 27.2 Å². The molecule has 0 saturated carbocycles. The Morgan fingerprint density at radius 1 is 1.38 bits per heavy atom. The number of methoxy groups -OCH3 is 1. The summed E-state index contributed by atoms with van der Waals surface area (Å²) in [5, 5.41) is 3.44. The second-order valence-electron chi connectivity index (χ2n) is 5.33. The molecule has 0 spiro atoms. The van der Waals surface area contributed by atoms with Gasteiger partial charge in [-0.15, -0.1) is 0 Å². The first-order chi connectivity index (χ1) is 7.65. The zero-order valence-electron chi connectivity index (χ0n) is 11.3. The van der Waals surface area contributed by atoms with Gasteiger partial charge in [0, 0.05) is 32.8 Å². The number of nitrogens with zero attached hydrogens (tertiary/aromatic N) is 1. The Labute approximate surface area is 101 Å². The van der Waals surface area contributed by atoms with Crippen molar-refractivity contribution >= 4 is 0 Å². The van der Waals surface area contributed by atoms with Crippen molar-refractivity contribution in [3.05, 3.63) is 0 Å². The van der Waals surface area contributed by atoms with Crippen LogP contribution in [0.4, 0.5) is 0 Å². The maximum Gasteiger partial charge on any atom is 0.0587 e. The van der Waals surface area contributed by atoms with Crippen molar-refractivity contribution in [2.75, 3.05) is 39.9 Å². The van der Waals surface area contributed by atoms with Crippen molar-refractivity contribution in [1.82, 2.24) is 10.2 Å². The molecule has 1 rings (SSSR count). The van der Waals surface area contributed by atoms with Gasteiger partial charge in [-0.25, -0.2) is 0 Å². The Bertz CT molecular complexity index is 185. The molecule has 0 radical (unpaired) electrons. The Balaban J connectivity index is 2.15. The predicted molar refractivity (Wildman–Crippen MR) is 68.7 cm³/mol. The SMILES string of the molecule is COCCNCC(C)N1CCC(C(C)C)C1. The van der Waals surface area contributed by atoms with Gasteiger partial charge >= 0.3 is 0 Å². The van der Waals surface area contributed by atoms with Crippen LogP contribution < -0.4 is 5.32 Å². The fourth-order valence-corrected chi connectivity index (χ4v) is 2.37. The van der Waals surface area contributed by atoms with Gasteiger partial charge in [-0.05, 0) is 31.7 Å². The van der Waals surface area contributed by atoms with Crippen LogP contribution in [0.25, 0.3) is 0 Å². The maximum absolute atomic E-state index is 5.02. The molecule has 16 heavy (non-hydrogen) atoms. The van der Waals surface area contributed by atoms with Crippen LogP contribution in [0, 0.1) is 11.8 Å². The minimum atomic E-state index is 0.653. The molecule has 1 saturated heterocycles. The van der Waals surface area contributed by atoms with Gasteiger partial charge in [0.05, 0.1) is 6.61 Å². The van der Waals surface area contributed by atoms with Gasteiger partial charge < -0.3 is 10.1 Å². The Morgan fingerprint density at radius 2 is 2.12 bits per heavy atom. The number of hydrogen-bond acceptors (Lipinski definition) is 3. The van der Waals surface area contributed by atoms with Crippen molar-refractivity contribution in [3.63, 3.8) is 0 Å². The molecule has 1 fully saturated rings. The molecule has 0 aliphatic carbocycles. The summed E-state index contributed by atoms with van der Waals surface area (Å²) in [6, 6.07) is 0.653. The summed E-state index contributed by atoms with van der Waals surface area (Å²) in [7, 11) is 1.75. The van der Waals surface area contributed by atoms with Gasteiger partial charge in [0.2, 0.25) is 0 Å². The van der Waals surface area contributed by atoms with Gasteiger partial charge in [0.15, 0.2) is 0 Å². The molecule has 0 amide bonds. The first kappa shape index (κ1) is 13.9. The van der Waals surface area contributed by atoms with E-state index in [0.717, 1.165) is 31.5 Å². The number of hydrogen-bond donors (Lipinski definition) is 1. The first-order valence-electron chi connectivity index (χ1n) is 6.58. The van der Waals surface area contributed by atoms with E-state index in [1.807, 2.05) is 0 Å². The zero-order valence-corrected chi connectivity index (χ0v) is 11.3. The largest absolute Gasteiger partial charge is 0.383 e. The number of likely N-dealkylation sites (tertiary alicyclic amines) is 1. The van der Waals surface area contributed by atoms with Crippen LogP contribution in [-0.2, 0) is 4.74 Å². The fraction of sp³-hybridized carbons (Fsp3) is 1.00. The molecule has 1 aliphatic rings. The Morgan fingerprint density at radius 3 is 2.69 bits per heavy atom. The van der Waals surface area contributed by atoms with Crippen molar-refractivity contribution < 1.29 is 4.74 Å². The maximum atomic E-state index is 5.02. The fourth-order valence-electron chi connectivity index (χ4n) is 2.37. The lowest BCUT2D eigenvalue weighted by molar-refractivity contribution is 0.190. The average Bonchev–Trinajstić information content (AvgIpc) is 2.73. The van der Waals surface area contributed by atoms with E-state index in [-0.39, 0.29) is 0 Å². The summed E-state index contributed by atoms with van der Waals surface area (Å²) in [4.78, 5) is 2.62. The summed E-state index contributed by atoms with van der Waals surface area (Å²) in [6.45, 7) is 12.4. The average molecular weight is 228 g/mol. The molecule has 1 heterocycles. The molecule has 1 aliphatic heterocycles. The molecule has 0 bridgehead atoms. The highest BCUT2D eigenvalue weighted by molar-refractivity contribution is 4.81. The van der Waals surface area contributed by atoms with Crippen LogP contribution in [0.5, 0.6) is 0 Å². The molecule has 0 aromatic rings. The Hall–Kier alpha value is -0.120. The lowest BCUT2D eigenvalue weighted by Crippen LogP contribution is -2.40. The van der Waals surface area contributed by atoms with Gasteiger partial charge in [-0.2, -0.15) is 0 Å². The van der Waals surface area contributed by atoms with Crippen molar-refractivity contribution in [2.24, 2.45) is 11.8 Å². The lowest BCUT2D eigenvalue weighted by Gasteiger charge is -2.25. The molecule has 1 N–H and O–H groups in total. The van der Waals surface area contributed by atoms with Crippen LogP contribution in [0.2, 0.25) is 0 Å². The smallest absolute Gasteiger partial charge is 0.0587 e. The minimum Gasteiger partial charge on any atom is -0.383 e. The second kappa shape index (κ2) is 7.25. The molecular weight excluding hydrogens is 200 g/mol. The second-order valence-corrected chi connectivity index (χ2v) is 5.33. The number of nitrogens with one attached hydrogen (secondary N) is 1. The summed E-state index contributed by atoms with van der Waals surface area (Å²) < 4.78 is 5.02. The third kappa shape index (κ3) is 4.40. The van der Waals surface area contributed by atoms with Gasteiger partial charge in [0.1, 0.15) is 0 Å². The molecule has 0 aromatic heterocycles. The molecule has 96 valence electrons. The van der Waals surface area contributed by atoms with Crippen LogP contribution in [-0.4, -0.2) is 50.8 Å². The minimum absolute atomic E-state index is 0.653. The van der Waals surface area contributed by atoms with E-state index in [0.29, 0.717) is 6.04 Å². The molecule has 3 nitrogen and oxygen atoms in total. The van der Waals surface area contributed by atoms with Crippen LogP contribution >= 0.6 is 0 Å². The van der Waals surface area contributed by atoms with E-state index in [1.165, 1.54) is 19.5 Å². The quantitative estimate of drug-likeness (QED) is 0.670. The molecule has 2 unspecified atom stereocenters. The lowest BCUT2D eigenvalue weighted by atomic mass is 9.95. The third-order valence-corrected chi connectivity index (χ3v) is 3.74.